The summed E-state index contributed by atoms with van der Waals surface area (Å²) in [4.78, 5) is 13.8. The molecule has 0 bridgehead atoms. The molecule has 0 aliphatic rings. The number of azide groups is 1. The average molecular weight is 270 g/mol. The van der Waals surface area contributed by atoms with E-state index in [-0.39, 0.29) is 18.7 Å². The van der Waals surface area contributed by atoms with Crippen LogP contribution in [0.25, 0.3) is 10.4 Å². The molecule has 2 N–H and O–H groups in total. The van der Waals surface area contributed by atoms with Crippen LogP contribution >= 0.6 is 0 Å². The van der Waals surface area contributed by atoms with Crippen LogP contribution in [-0.2, 0) is 10.3 Å². The Kier molecular flexibility index (Phi) is 4.80. The van der Waals surface area contributed by atoms with Crippen LogP contribution in [0.2, 0.25) is 0 Å². The third-order valence-corrected chi connectivity index (χ3v) is 2.67. The Morgan fingerprint density at radius 1 is 1.58 bits per heavy atom. The number of benzene rings is 1. The zero-order valence-electron chi connectivity index (χ0n) is 10.1. The predicted octanol–water partition coefficient (Wildman–Crippen LogP) is 2.16. The van der Waals surface area contributed by atoms with Gasteiger partial charge in [-0.05, 0) is 18.5 Å². The van der Waals surface area contributed by atoms with Gasteiger partial charge in [-0.25, -0.2) is 13.6 Å². The molecular formula is C11H12F2N4O2. The van der Waals surface area contributed by atoms with E-state index in [2.05, 4.69) is 15.3 Å². The third-order valence-electron chi connectivity index (χ3n) is 2.67. The lowest BCUT2D eigenvalue weighted by molar-refractivity contribution is -0.144. The predicted molar refractivity (Wildman–Crippen MR) is 63.4 cm³/mol. The molecule has 0 radical (unpaired) electrons. The van der Waals surface area contributed by atoms with Gasteiger partial charge in [0.15, 0.2) is 11.6 Å². The van der Waals surface area contributed by atoms with Gasteiger partial charge in [0.05, 0.1) is 0 Å². The Bertz CT molecular complexity index is 531. The number of carboxylic acids is 1. The molecule has 1 unspecified atom stereocenters. The second-order valence-corrected chi connectivity index (χ2v) is 3.91. The van der Waals surface area contributed by atoms with Crippen LogP contribution in [0, 0.1) is 11.6 Å². The molecule has 0 fully saturated rings. The summed E-state index contributed by atoms with van der Waals surface area (Å²) >= 11 is 0. The zero-order chi connectivity index (χ0) is 14.5. The Morgan fingerprint density at radius 3 is 2.84 bits per heavy atom. The summed E-state index contributed by atoms with van der Waals surface area (Å²) in [5.41, 5.74) is 5.98. The Morgan fingerprint density at radius 2 is 2.26 bits per heavy atom. The molecule has 0 aliphatic heterocycles. The summed E-state index contributed by atoms with van der Waals surface area (Å²) in [6.07, 6.45) is 0. The van der Waals surface area contributed by atoms with Gasteiger partial charge >= 0.3 is 5.97 Å². The van der Waals surface area contributed by atoms with Crippen LogP contribution in [0.15, 0.2) is 23.3 Å². The molecule has 1 atom stereocenters. The first-order chi connectivity index (χ1) is 8.93. The van der Waals surface area contributed by atoms with Gasteiger partial charge in [0.25, 0.3) is 0 Å². The van der Waals surface area contributed by atoms with Gasteiger partial charge in [0.1, 0.15) is 5.54 Å². The van der Waals surface area contributed by atoms with E-state index in [1.54, 1.807) is 0 Å². The molecule has 1 aromatic rings. The summed E-state index contributed by atoms with van der Waals surface area (Å²) in [6.45, 7) is 1.22. The first-order valence-electron chi connectivity index (χ1n) is 5.37. The molecule has 0 spiro atoms. The van der Waals surface area contributed by atoms with E-state index in [9.17, 15) is 18.7 Å². The number of rotatable bonds is 6. The van der Waals surface area contributed by atoms with E-state index in [1.165, 1.54) is 19.1 Å². The van der Waals surface area contributed by atoms with Gasteiger partial charge in [-0.3, -0.25) is 5.32 Å². The smallest absolute Gasteiger partial charge is 0.328 e. The number of halogens is 2. The van der Waals surface area contributed by atoms with Crippen LogP contribution in [0.1, 0.15) is 12.5 Å². The molecule has 0 saturated heterocycles. The fraction of sp³-hybridized carbons (Fsp3) is 0.364. The second kappa shape index (κ2) is 6.12. The average Bonchev–Trinajstić information content (AvgIpc) is 2.37. The fourth-order valence-electron chi connectivity index (χ4n) is 1.58. The van der Waals surface area contributed by atoms with Crippen LogP contribution in [0.5, 0.6) is 0 Å². The van der Waals surface area contributed by atoms with Crippen molar-refractivity contribution in [3.8, 4) is 0 Å². The highest BCUT2D eigenvalue weighted by atomic mass is 19.2. The van der Waals surface area contributed by atoms with Gasteiger partial charge in [-0.1, -0.05) is 17.2 Å². The molecule has 8 heteroatoms. The van der Waals surface area contributed by atoms with Crippen molar-refractivity contribution in [2.45, 2.75) is 12.5 Å². The highest BCUT2D eigenvalue weighted by Crippen LogP contribution is 2.25. The van der Waals surface area contributed by atoms with E-state index in [4.69, 9.17) is 5.53 Å². The maximum absolute atomic E-state index is 13.7. The Labute approximate surface area is 107 Å². The van der Waals surface area contributed by atoms with Crippen molar-refractivity contribution in [1.82, 2.24) is 5.32 Å². The maximum atomic E-state index is 13.7. The minimum Gasteiger partial charge on any atom is -0.480 e. The van der Waals surface area contributed by atoms with Crippen LogP contribution in [0.4, 0.5) is 8.78 Å². The number of hydrogen-bond donors (Lipinski definition) is 2. The van der Waals surface area contributed by atoms with E-state index in [1.807, 2.05) is 0 Å². The molecule has 1 aromatic carbocycles. The van der Waals surface area contributed by atoms with Crippen molar-refractivity contribution in [2.24, 2.45) is 5.11 Å². The maximum Gasteiger partial charge on any atom is 0.328 e. The lowest BCUT2D eigenvalue weighted by atomic mass is 9.91. The summed E-state index contributed by atoms with van der Waals surface area (Å²) in [5.74, 6) is -3.71. The molecule has 0 saturated carbocycles. The van der Waals surface area contributed by atoms with E-state index < -0.39 is 23.1 Å². The quantitative estimate of drug-likeness (QED) is 0.358. The van der Waals surface area contributed by atoms with E-state index >= 15 is 0 Å². The number of hydrogen-bond acceptors (Lipinski definition) is 3. The molecule has 102 valence electrons. The number of carboxylic acid groups (broad SMARTS) is 1. The van der Waals surface area contributed by atoms with E-state index in [0.717, 1.165) is 6.07 Å². The Hall–Kier alpha value is -2.18. The van der Waals surface area contributed by atoms with Gasteiger partial charge < -0.3 is 5.11 Å². The van der Waals surface area contributed by atoms with Crippen molar-refractivity contribution < 1.29 is 18.7 Å². The molecule has 19 heavy (non-hydrogen) atoms. The summed E-state index contributed by atoms with van der Waals surface area (Å²) in [7, 11) is 0. The van der Waals surface area contributed by atoms with Crippen molar-refractivity contribution in [1.29, 1.82) is 0 Å². The summed E-state index contributed by atoms with van der Waals surface area (Å²) in [5, 5.41) is 15.0. The highest BCUT2D eigenvalue weighted by Gasteiger charge is 2.37. The first-order valence-corrected chi connectivity index (χ1v) is 5.37. The largest absolute Gasteiger partial charge is 0.480 e. The lowest BCUT2D eigenvalue weighted by Gasteiger charge is -2.27. The topological polar surface area (TPSA) is 98.1 Å². The molecule has 6 nitrogen and oxygen atoms in total. The minimum atomic E-state index is -1.81. The fourth-order valence-corrected chi connectivity index (χ4v) is 1.58. The van der Waals surface area contributed by atoms with E-state index in [0.29, 0.717) is 0 Å². The second-order valence-electron chi connectivity index (χ2n) is 3.91. The van der Waals surface area contributed by atoms with Crippen molar-refractivity contribution in [3.05, 3.63) is 45.8 Å². The SMILES string of the molecule is CC(NCCN=[N+]=[N-])(C(=O)O)c1cccc(F)c1F. The van der Waals surface area contributed by atoms with Crippen LogP contribution in [-0.4, -0.2) is 24.2 Å². The first kappa shape index (κ1) is 14.9. The standard InChI is InChI=1S/C11H12F2N4O2/c1-11(10(18)19,15-5-6-16-17-14)7-3-2-4-8(12)9(7)13/h2-4,15H,5-6H2,1H3,(H,18,19). The number of nitrogens with zero attached hydrogens (tertiary/aromatic N) is 3. The normalized spacial score (nSPS) is 13.4. The summed E-state index contributed by atoms with van der Waals surface area (Å²) < 4.78 is 26.8. The number of aliphatic carboxylic acids is 1. The Balaban J connectivity index is 3.08. The highest BCUT2D eigenvalue weighted by molar-refractivity contribution is 5.80. The zero-order valence-corrected chi connectivity index (χ0v) is 10.1. The number of carbonyl (C=O) groups is 1. The van der Waals surface area contributed by atoms with Gasteiger partial charge in [-0.15, -0.1) is 0 Å². The van der Waals surface area contributed by atoms with Crippen molar-refractivity contribution in [2.75, 3.05) is 13.1 Å². The molecular weight excluding hydrogens is 258 g/mol. The minimum absolute atomic E-state index is 0.00367. The van der Waals surface area contributed by atoms with Crippen LogP contribution in [0.3, 0.4) is 0 Å². The summed E-state index contributed by atoms with van der Waals surface area (Å²) in [6, 6.07) is 3.32. The van der Waals surface area contributed by atoms with Gasteiger partial charge in [0.2, 0.25) is 0 Å². The molecule has 0 aromatic heterocycles. The molecule has 0 aliphatic carbocycles. The molecule has 0 amide bonds. The van der Waals surface area contributed by atoms with Crippen LogP contribution < -0.4 is 5.32 Å². The van der Waals surface area contributed by atoms with Gasteiger partial charge in [-0.2, -0.15) is 0 Å². The number of nitrogens with one attached hydrogen (secondary N) is 1. The third kappa shape index (κ3) is 3.18. The van der Waals surface area contributed by atoms with Crippen molar-refractivity contribution >= 4 is 5.97 Å². The van der Waals surface area contributed by atoms with Gasteiger partial charge in [0, 0.05) is 23.6 Å². The molecule has 0 heterocycles. The lowest BCUT2D eigenvalue weighted by Crippen LogP contribution is -2.48. The van der Waals surface area contributed by atoms with Crippen molar-refractivity contribution in [3.63, 3.8) is 0 Å². The molecule has 1 rings (SSSR count). The monoisotopic (exact) mass is 270 g/mol.